The van der Waals surface area contributed by atoms with E-state index in [1.165, 1.54) is 18.4 Å². The summed E-state index contributed by atoms with van der Waals surface area (Å²) in [7, 11) is 1.78. The van der Waals surface area contributed by atoms with Gasteiger partial charge in [-0.15, -0.1) is 34.2 Å². The van der Waals surface area contributed by atoms with Crippen molar-refractivity contribution in [1.82, 2.24) is 25.4 Å². The van der Waals surface area contributed by atoms with Crippen LogP contribution in [0.5, 0.6) is 11.5 Å². The molecule has 1 aromatic heterocycles. The van der Waals surface area contributed by atoms with Crippen molar-refractivity contribution in [3.63, 3.8) is 0 Å². The van der Waals surface area contributed by atoms with Gasteiger partial charge < -0.3 is 24.7 Å². The molecule has 0 amide bonds. The minimum Gasteiger partial charge on any atom is -0.490 e. The maximum atomic E-state index is 5.71. The Bertz CT molecular complexity index is 824. The fourth-order valence-electron chi connectivity index (χ4n) is 3.46. The molecule has 0 fully saturated rings. The standard InChI is InChI=1S/C21H32N6O2.HI/c1-4-28-17-10-9-16(14-18(17)29-5-2)11-12-23-21(22-3)24-15-20-26-25-19-8-6-7-13-27(19)20;/h9-10,14H,4-8,11-13,15H2,1-3H3,(H2,22,23,24);1H. The zero-order valence-electron chi connectivity index (χ0n) is 18.1. The van der Waals surface area contributed by atoms with Crippen LogP contribution in [0.1, 0.15) is 43.9 Å². The first-order valence-corrected chi connectivity index (χ1v) is 10.5. The molecule has 30 heavy (non-hydrogen) atoms. The van der Waals surface area contributed by atoms with E-state index in [4.69, 9.17) is 9.47 Å². The third-order valence-electron chi connectivity index (χ3n) is 4.89. The highest BCUT2D eigenvalue weighted by Gasteiger charge is 2.15. The number of fused-ring (bicyclic) bond motifs is 1. The largest absolute Gasteiger partial charge is 0.490 e. The molecular formula is C21H33IN6O2. The van der Waals surface area contributed by atoms with Crippen LogP contribution >= 0.6 is 24.0 Å². The molecule has 0 radical (unpaired) electrons. The minimum atomic E-state index is 0. The number of guanidine groups is 1. The van der Waals surface area contributed by atoms with Gasteiger partial charge in [0.1, 0.15) is 5.82 Å². The van der Waals surface area contributed by atoms with Crippen molar-refractivity contribution in [2.24, 2.45) is 4.99 Å². The number of nitrogens with zero attached hydrogens (tertiary/aromatic N) is 4. The van der Waals surface area contributed by atoms with E-state index in [1.54, 1.807) is 7.05 Å². The van der Waals surface area contributed by atoms with Crippen molar-refractivity contribution in [2.75, 3.05) is 26.8 Å². The molecule has 0 atom stereocenters. The zero-order chi connectivity index (χ0) is 20.5. The Kier molecular flexibility index (Phi) is 10.2. The fourth-order valence-corrected chi connectivity index (χ4v) is 3.46. The van der Waals surface area contributed by atoms with Gasteiger partial charge in [0.25, 0.3) is 0 Å². The molecule has 0 spiro atoms. The van der Waals surface area contributed by atoms with Gasteiger partial charge >= 0.3 is 0 Å². The van der Waals surface area contributed by atoms with Gasteiger partial charge in [0.15, 0.2) is 23.3 Å². The van der Waals surface area contributed by atoms with Gasteiger partial charge in [-0.3, -0.25) is 4.99 Å². The number of rotatable bonds is 9. The first-order valence-electron chi connectivity index (χ1n) is 10.5. The number of aryl methyl sites for hydroxylation is 1. The Balaban J connectivity index is 0.00000320. The lowest BCUT2D eigenvalue weighted by molar-refractivity contribution is 0.287. The van der Waals surface area contributed by atoms with Crippen LogP contribution in [-0.2, 0) is 25.9 Å². The summed E-state index contributed by atoms with van der Waals surface area (Å²) in [5.41, 5.74) is 1.19. The first kappa shape index (κ1) is 24.2. The molecule has 2 aromatic rings. The second-order valence-electron chi connectivity index (χ2n) is 6.89. The van der Waals surface area contributed by atoms with E-state index < -0.39 is 0 Å². The van der Waals surface area contributed by atoms with Gasteiger partial charge in [-0.1, -0.05) is 6.07 Å². The molecule has 1 aliphatic heterocycles. The SMILES string of the molecule is CCOc1ccc(CCNC(=NC)NCc2nnc3n2CCCC3)cc1OCC.I. The smallest absolute Gasteiger partial charge is 0.191 e. The van der Waals surface area contributed by atoms with E-state index in [-0.39, 0.29) is 24.0 Å². The molecule has 0 saturated carbocycles. The van der Waals surface area contributed by atoms with Gasteiger partial charge in [0.05, 0.1) is 19.8 Å². The summed E-state index contributed by atoms with van der Waals surface area (Å²) in [6.07, 6.45) is 4.27. The third-order valence-corrected chi connectivity index (χ3v) is 4.89. The highest BCUT2D eigenvalue weighted by atomic mass is 127. The lowest BCUT2D eigenvalue weighted by Crippen LogP contribution is -2.38. The molecule has 1 aliphatic rings. The summed E-state index contributed by atoms with van der Waals surface area (Å²) in [6.45, 7) is 7.57. The number of nitrogens with one attached hydrogen (secondary N) is 2. The number of aromatic nitrogens is 3. The molecule has 0 unspecified atom stereocenters. The summed E-state index contributed by atoms with van der Waals surface area (Å²) in [4.78, 5) is 4.31. The van der Waals surface area contributed by atoms with Crippen molar-refractivity contribution in [1.29, 1.82) is 0 Å². The molecule has 0 saturated heterocycles. The van der Waals surface area contributed by atoms with E-state index in [9.17, 15) is 0 Å². The van der Waals surface area contributed by atoms with Crippen LogP contribution < -0.4 is 20.1 Å². The Morgan fingerprint density at radius 3 is 2.67 bits per heavy atom. The normalized spacial score (nSPS) is 13.2. The fraction of sp³-hybridized carbons (Fsp3) is 0.571. The monoisotopic (exact) mass is 528 g/mol. The third kappa shape index (κ3) is 6.48. The van der Waals surface area contributed by atoms with E-state index in [1.807, 2.05) is 19.9 Å². The molecule has 8 nitrogen and oxygen atoms in total. The van der Waals surface area contributed by atoms with E-state index in [2.05, 4.69) is 42.5 Å². The topological polar surface area (TPSA) is 85.6 Å². The average Bonchev–Trinajstić information content (AvgIpc) is 3.16. The molecule has 9 heteroatoms. The first-order chi connectivity index (χ1) is 14.2. The van der Waals surface area contributed by atoms with Crippen LogP contribution in [0.3, 0.4) is 0 Å². The molecule has 1 aromatic carbocycles. The van der Waals surface area contributed by atoms with Crippen LogP contribution in [0, 0.1) is 0 Å². The summed E-state index contributed by atoms with van der Waals surface area (Å²) in [5.74, 6) is 4.41. The van der Waals surface area contributed by atoms with Crippen LogP contribution in [0.2, 0.25) is 0 Å². The lowest BCUT2D eigenvalue weighted by atomic mass is 10.1. The van der Waals surface area contributed by atoms with E-state index >= 15 is 0 Å². The number of aliphatic imine (C=N–C) groups is 1. The highest BCUT2D eigenvalue weighted by molar-refractivity contribution is 14.0. The Morgan fingerprint density at radius 1 is 1.10 bits per heavy atom. The van der Waals surface area contributed by atoms with Crippen LogP contribution in [0.15, 0.2) is 23.2 Å². The van der Waals surface area contributed by atoms with Gasteiger partial charge in [0, 0.05) is 26.6 Å². The number of ether oxygens (including phenoxy) is 2. The van der Waals surface area contributed by atoms with Crippen molar-refractivity contribution < 1.29 is 9.47 Å². The summed E-state index contributed by atoms with van der Waals surface area (Å²) in [6, 6.07) is 6.11. The summed E-state index contributed by atoms with van der Waals surface area (Å²) >= 11 is 0. The molecule has 2 heterocycles. The van der Waals surface area contributed by atoms with E-state index in [0.717, 1.165) is 55.0 Å². The summed E-state index contributed by atoms with van der Waals surface area (Å²) < 4.78 is 13.6. The molecule has 2 N–H and O–H groups in total. The molecule has 166 valence electrons. The molecule has 0 aliphatic carbocycles. The van der Waals surface area contributed by atoms with Gasteiger partial charge in [-0.25, -0.2) is 0 Å². The van der Waals surface area contributed by atoms with Crippen molar-refractivity contribution in [2.45, 2.75) is 52.6 Å². The highest BCUT2D eigenvalue weighted by Crippen LogP contribution is 2.28. The minimum absolute atomic E-state index is 0. The maximum Gasteiger partial charge on any atom is 0.191 e. The Labute approximate surface area is 195 Å². The maximum absolute atomic E-state index is 5.71. The predicted molar refractivity (Wildman–Crippen MR) is 129 cm³/mol. The Hall–Kier alpha value is -2.04. The quantitative estimate of drug-likeness (QED) is 0.296. The van der Waals surface area contributed by atoms with Crippen molar-refractivity contribution in [3.8, 4) is 11.5 Å². The van der Waals surface area contributed by atoms with Crippen molar-refractivity contribution >= 4 is 29.9 Å². The average molecular weight is 528 g/mol. The predicted octanol–water partition coefficient (Wildman–Crippen LogP) is 2.94. The second kappa shape index (κ2) is 12.6. The number of halogens is 1. The van der Waals surface area contributed by atoms with Gasteiger partial charge in [-0.2, -0.15) is 0 Å². The number of hydrogen-bond donors (Lipinski definition) is 2. The summed E-state index contributed by atoms with van der Waals surface area (Å²) in [5, 5.41) is 15.3. The zero-order valence-corrected chi connectivity index (χ0v) is 20.4. The van der Waals surface area contributed by atoms with Crippen LogP contribution in [0.4, 0.5) is 0 Å². The second-order valence-corrected chi connectivity index (χ2v) is 6.89. The molecular weight excluding hydrogens is 495 g/mol. The number of hydrogen-bond acceptors (Lipinski definition) is 5. The van der Waals surface area contributed by atoms with Gasteiger partial charge in [0.2, 0.25) is 0 Å². The number of benzene rings is 1. The molecule has 0 bridgehead atoms. The molecule has 3 rings (SSSR count). The van der Waals surface area contributed by atoms with Crippen LogP contribution in [0.25, 0.3) is 0 Å². The van der Waals surface area contributed by atoms with Crippen LogP contribution in [-0.4, -0.2) is 47.5 Å². The lowest BCUT2D eigenvalue weighted by Gasteiger charge is -2.16. The Morgan fingerprint density at radius 2 is 1.90 bits per heavy atom. The van der Waals surface area contributed by atoms with E-state index in [0.29, 0.717) is 19.8 Å². The van der Waals surface area contributed by atoms with Gasteiger partial charge in [-0.05, 0) is 50.8 Å². The van der Waals surface area contributed by atoms with Crippen molar-refractivity contribution in [3.05, 3.63) is 35.4 Å².